The highest BCUT2D eigenvalue weighted by atomic mass is 32.2. The van der Waals surface area contributed by atoms with E-state index in [0.717, 1.165) is 25.5 Å². The van der Waals surface area contributed by atoms with Gasteiger partial charge in [-0.1, -0.05) is 0 Å². The van der Waals surface area contributed by atoms with Crippen LogP contribution in [-0.4, -0.2) is 57.3 Å². The monoisotopic (exact) mass is 292 g/mol. The van der Waals surface area contributed by atoms with Gasteiger partial charge in [0, 0.05) is 19.1 Å². The molecule has 1 aliphatic heterocycles. The lowest BCUT2D eigenvalue weighted by molar-refractivity contribution is -0.141. The van der Waals surface area contributed by atoms with Crippen LogP contribution in [0.1, 0.15) is 33.1 Å². The van der Waals surface area contributed by atoms with Crippen LogP contribution >= 0.6 is 0 Å². The van der Waals surface area contributed by atoms with Gasteiger partial charge in [-0.3, -0.25) is 4.79 Å². The first-order valence-corrected chi connectivity index (χ1v) is 8.54. The average Bonchev–Trinajstić information content (AvgIpc) is 2.33. The number of hydrogen-bond donors (Lipinski definition) is 1. The Kier molecular flexibility index (Phi) is 6.22. The third-order valence-electron chi connectivity index (χ3n) is 3.07. The number of amides is 1. The molecule has 0 aromatic rings. The summed E-state index contributed by atoms with van der Waals surface area (Å²) in [4.78, 5) is 13.8. The molecular weight excluding hydrogens is 268 g/mol. The van der Waals surface area contributed by atoms with Crippen molar-refractivity contribution in [2.75, 3.05) is 26.0 Å². The number of ether oxygens (including phenoxy) is 1. The van der Waals surface area contributed by atoms with Gasteiger partial charge in [-0.05, 0) is 33.1 Å². The number of likely N-dealkylation sites (tertiary alicyclic amines) is 1. The van der Waals surface area contributed by atoms with Gasteiger partial charge in [0.1, 0.15) is 6.61 Å². The number of nitrogens with one attached hydrogen (secondary N) is 1. The molecule has 1 heterocycles. The predicted molar refractivity (Wildman–Crippen MR) is 73.3 cm³/mol. The fourth-order valence-electron chi connectivity index (χ4n) is 2.11. The van der Waals surface area contributed by atoms with Crippen LogP contribution < -0.4 is 4.72 Å². The maximum atomic E-state index is 12.1. The fourth-order valence-corrected chi connectivity index (χ4v) is 2.60. The van der Waals surface area contributed by atoms with E-state index in [-0.39, 0.29) is 31.2 Å². The summed E-state index contributed by atoms with van der Waals surface area (Å²) >= 11 is 0. The van der Waals surface area contributed by atoms with Crippen molar-refractivity contribution in [3.8, 4) is 0 Å². The minimum atomic E-state index is -3.22. The summed E-state index contributed by atoms with van der Waals surface area (Å²) in [6.07, 6.45) is 3.95. The lowest BCUT2D eigenvalue weighted by Crippen LogP contribution is -2.50. The van der Waals surface area contributed by atoms with Crippen LogP contribution in [0.25, 0.3) is 0 Å². The summed E-state index contributed by atoms with van der Waals surface area (Å²) in [6, 6.07) is -0.0632. The van der Waals surface area contributed by atoms with E-state index in [0.29, 0.717) is 6.54 Å². The van der Waals surface area contributed by atoms with Crippen LogP contribution in [0, 0.1) is 0 Å². The van der Waals surface area contributed by atoms with Crippen molar-refractivity contribution < 1.29 is 17.9 Å². The molecule has 19 heavy (non-hydrogen) atoms. The molecule has 1 aliphatic rings. The highest BCUT2D eigenvalue weighted by Crippen LogP contribution is 2.17. The van der Waals surface area contributed by atoms with E-state index >= 15 is 0 Å². The molecule has 0 bridgehead atoms. The van der Waals surface area contributed by atoms with E-state index in [1.807, 2.05) is 13.8 Å². The van der Waals surface area contributed by atoms with Gasteiger partial charge in [0.15, 0.2) is 0 Å². The molecule has 112 valence electrons. The van der Waals surface area contributed by atoms with Gasteiger partial charge in [-0.2, -0.15) is 0 Å². The number of piperidine rings is 1. The minimum Gasteiger partial charge on any atom is -0.369 e. The van der Waals surface area contributed by atoms with Gasteiger partial charge >= 0.3 is 0 Å². The SMILES string of the molecule is CC(C)OCC(=O)N1CCCCC1CNS(C)(=O)=O. The molecule has 1 amide bonds. The van der Waals surface area contributed by atoms with Crippen molar-refractivity contribution in [1.29, 1.82) is 0 Å². The van der Waals surface area contributed by atoms with E-state index in [9.17, 15) is 13.2 Å². The standard InChI is InChI=1S/C12H24N2O4S/c1-10(2)18-9-12(15)14-7-5-4-6-11(14)8-13-19(3,16)17/h10-11,13H,4-9H2,1-3H3. The van der Waals surface area contributed by atoms with E-state index < -0.39 is 10.0 Å². The van der Waals surface area contributed by atoms with Crippen LogP contribution in [0.15, 0.2) is 0 Å². The zero-order chi connectivity index (χ0) is 14.5. The second kappa shape index (κ2) is 7.21. The Morgan fingerprint density at radius 2 is 2.11 bits per heavy atom. The van der Waals surface area contributed by atoms with Gasteiger partial charge in [0.05, 0.1) is 12.4 Å². The minimum absolute atomic E-state index is 0.0151. The zero-order valence-electron chi connectivity index (χ0n) is 11.9. The van der Waals surface area contributed by atoms with Crippen molar-refractivity contribution in [3.05, 3.63) is 0 Å². The molecule has 1 N–H and O–H groups in total. The van der Waals surface area contributed by atoms with E-state index in [1.165, 1.54) is 0 Å². The largest absolute Gasteiger partial charge is 0.369 e. The summed E-state index contributed by atoms with van der Waals surface area (Å²) in [5.41, 5.74) is 0. The fraction of sp³-hybridized carbons (Fsp3) is 0.917. The first kappa shape index (κ1) is 16.4. The smallest absolute Gasteiger partial charge is 0.248 e. The van der Waals surface area contributed by atoms with Crippen LogP contribution in [0.2, 0.25) is 0 Å². The molecule has 0 spiro atoms. The summed E-state index contributed by atoms with van der Waals surface area (Å²) < 4.78 is 30.1. The third kappa shape index (κ3) is 6.35. The number of hydrogen-bond acceptors (Lipinski definition) is 4. The van der Waals surface area contributed by atoms with Crippen LogP contribution in [0.4, 0.5) is 0 Å². The molecule has 1 atom stereocenters. The topological polar surface area (TPSA) is 75.7 Å². The number of carbonyl (C=O) groups excluding carboxylic acids is 1. The predicted octanol–water partition coefficient (Wildman–Crippen LogP) is 0.342. The quantitative estimate of drug-likeness (QED) is 0.766. The molecule has 0 aliphatic carbocycles. The molecule has 6 nitrogen and oxygen atoms in total. The summed E-state index contributed by atoms with van der Waals surface area (Å²) in [5.74, 6) is -0.0614. The van der Waals surface area contributed by atoms with Crippen LogP contribution in [0.3, 0.4) is 0 Å². The Morgan fingerprint density at radius 1 is 1.42 bits per heavy atom. The Labute approximate surface area is 115 Å². The molecule has 0 saturated carbocycles. The lowest BCUT2D eigenvalue weighted by Gasteiger charge is -2.35. The maximum absolute atomic E-state index is 12.1. The van der Waals surface area contributed by atoms with Gasteiger partial charge in [0.25, 0.3) is 0 Å². The molecule has 1 rings (SSSR count). The van der Waals surface area contributed by atoms with Crippen molar-refractivity contribution in [2.45, 2.75) is 45.3 Å². The second-order valence-electron chi connectivity index (χ2n) is 5.22. The van der Waals surface area contributed by atoms with Gasteiger partial charge in [0.2, 0.25) is 15.9 Å². The van der Waals surface area contributed by atoms with Crippen LogP contribution in [0.5, 0.6) is 0 Å². The van der Waals surface area contributed by atoms with E-state index in [4.69, 9.17) is 4.74 Å². The molecule has 1 saturated heterocycles. The molecule has 0 radical (unpaired) electrons. The zero-order valence-corrected chi connectivity index (χ0v) is 12.7. The van der Waals surface area contributed by atoms with Gasteiger partial charge in [-0.25, -0.2) is 13.1 Å². The summed E-state index contributed by atoms with van der Waals surface area (Å²) in [5, 5.41) is 0. The molecular formula is C12H24N2O4S. The number of nitrogens with zero attached hydrogens (tertiary/aromatic N) is 1. The lowest BCUT2D eigenvalue weighted by atomic mass is 10.0. The van der Waals surface area contributed by atoms with E-state index in [1.54, 1.807) is 4.90 Å². The first-order chi connectivity index (χ1) is 8.79. The number of rotatable bonds is 6. The first-order valence-electron chi connectivity index (χ1n) is 6.65. The molecule has 1 unspecified atom stereocenters. The second-order valence-corrected chi connectivity index (χ2v) is 7.05. The normalized spacial score (nSPS) is 20.8. The Bertz CT molecular complexity index is 395. The Hall–Kier alpha value is -0.660. The van der Waals surface area contributed by atoms with Gasteiger partial charge < -0.3 is 9.64 Å². The average molecular weight is 292 g/mol. The van der Waals surface area contributed by atoms with E-state index in [2.05, 4.69) is 4.72 Å². The van der Waals surface area contributed by atoms with Crippen molar-refractivity contribution in [1.82, 2.24) is 9.62 Å². The summed E-state index contributed by atoms with van der Waals surface area (Å²) in [6.45, 7) is 4.79. The van der Waals surface area contributed by atoms with Gasteiger partial charge in [-0.15, -0.1) is 0 Å². The molecule has 1 fully saturated rings. The summed E-state index contributed by atoms with van der Waals surface area (Å²) in [7, 11) is -3.22. The Balaban J connectivity index is 2.54. The number of carbonyl (C=O) groups is 1. The highest BCUT2D eigenvalue weighted by Gasteiger charge is 2.27. The third-order valence-corrected chi connectivity index (χ3v) is 3.76. The maximum Gasteiger partial charge on any atom is 0.248 e. The number of sulfonamides is 1. The Morgan fingerprint density at radius 3 is 2.68 bits per heavy atom. The molecule has 0 aromatic heterocycles. The van der Waals surface area contributed by atoms with Crippen molar-refractivity contribution in [3.63, 3.8) is 0 Å². The van der Waals surface area contributed by atoms with Crippen molar-refractivity contribution >= 4 is 15.9 Å². The van der Waals surface area contributed by atoms with Crippen molar-refractivity contribution in [2.24, 2.45) is 0 Å². The highest BCUT2D eigenvalue weighted by molar-refractivity contribution is 7.88. The molecule has 7 heteroatoms. The van der Waals surface area contributed by atoms with Crippen LogP contribution in [-0.2, 0) is 19.6 Å². The molecule has 0 aromatic carbocycles.